The molecule has 0 aliphatic heterocycles. The quantitative estimate of drug-likeness (QED) is 0.779. The van der Waals surface area contributed by atoms with E-state index in [9.17, 15) is 8.42 Å². The fourth-order valence-corrected chi connectivity index (χ4v) is 2.36. The predicted molar refractivity (Wildman–Crippen MR) is 72.6 cm³/mol. The molecule has 1 aromatic rings. The molecule has 1 heterocycles. The summed E-state index contributed by atoms with van der Waals surface area (Å²) in [6.45, 7) is 4.92. The lowest BCUT2D eigenvalue weighted by molar-refractivity contribution is 0.597. The molecule has 0 atom stereocenters. The van der Waals surface area contributed by atoms with E-state index in [0.717, 1.165) is 16.7 Å². The summed E-state index contributed by atoms with van der Waals surface area (Å²) in [5.74, 6) is 0.389. The van der Waals surface area contributed by atoms with Crippen LogP contribution >= 0.6 is 15.9 Å². The predicted octanol–water partition coefficient (Wildman–Crippen LogP) is 1.50. The molecule has 5 nitrogen and oxygen atoms in total. The van der Waals surface area contributed by atoms with Crippen molar-refractivity contribution in [1.82, 2.24) is 10.3 Å². The van der Waals surface area contributed by atoms with Gasteiger partial charge in [-0.3, -0.25) is 4.72 Å². The molecule has 0 fully saturated rings. The van der Waals surface area contributed by atoms with Crippen LogP contribution in [0.5, 0.6) is 0 Å². The second kappa shape index (κ2) is 6.32. The van der Waals surface area contributed by atoms with Crippen molar-refractivity contribution < 1.29 is 8.42 Å². The summed E-state index contributed by atoms with van der Waals surface area (Å²) in [7, 11) is -3.33. The molecule has 0 spiro atoms. The molecular weight excluding hydrogens is 306 g/mol. The van der Waals surface area contributed by atoms with Gasteiger partial charge in [0.2, 0.25) is 10.0 Å². The molecule has 0 saturated carbocycles. The normalized spacial score (nSPS) is 11.5. The fraction of sp³-hybridized carbons (Fsp3) is 0.500. The van der Waals surface area contributed by atoms with Crippen LogP contribution in [0.2, 0.25) is 0 Å². The van der Waals surface area contributed by atoms with E-state index in [0.29, 0.717) is 12.4 Å². The number of aromatic nitrogens is 1. The summed E-state index contributed by atoms with van der Waals surface area (Å²) >= 11 is 3.31. The van der Waals surface area contributed by atoms with Gasteiger partial charge >= 0.3 is 0 Å². The van der Waals surface area contributed by atoms with Crippen LogP contribution in [0.4, 0.5) is 5.82 Å². The van der Waals surface area contributed by atoms with Gasteiger partial charge < -0.3 is 5.32 Å². The number of nitrogens with one attached hydrogen (secondary N) is 2. The minimum Gasteiger partial charge on any atom is -0.316 e. The largest absolute Gasteiger partial charge is 0.316 e. The summed E-state index contributed by atoms with van der Waals surface area (Å²) in [4.78, 5) is 4.13. The maximum Gasteiger partial charge on any atom is 0.235 e. The van der Waals surface area contributed by atoms with Gasteiger partial charge in [-0.05, 0) is 41.5 Å². The highest BCUT2D eigenvalue weighted by atomic mass is 79.9. The van der Waals surface area contributed by atoms with Crippen molar-refractivity contribution in [3.8, 4) is 0 Å². The van der Waals surface area contributed by atoms with Gasteiger partial charge in [-0.1, -0.05) is 6.92 Å². The molecule has 0 radical (unpaired) electrons. The van der Waals surface area contributed by atoms with Crippen LogP contribution in [-0.2, 0) is 10.0 Å². The van der Waals surface area contributed by atoms with Gasteiger partial charge in [0, 0.05) is 11.0 Å². The number of pyridine rings is 1. The van der Waals surface area contributed by atoms with Gasteiger partial charge in [-0.15, -0.1) is 0 Å². The highest BCUT2D eigenvalue weighted by Crippen LogP contribution is 2.16. The first-order chi connectivity index (χ1) is 7.94. The third kappa shape index (κ3) is 5.01. The Balaban J connectivity index is 2.66. The van der Waals surface area contributed by atoms with Crippen LogP contribution in [0.25, 0.3) is 0 Å². The molecule has 0 aliphatic rings. The van der Waals surface area contributed by atoms with Crippen LogP contribution in [0.15, 0.2) is 16.6 Å². The van der Waals surface area contributed by atoms with E-state index in [4.69, 9.17) is 0 Å². The van der Waals surface area contributed by atoms with Crippen LogP contribution in [0, 0.1) is 6.92 Å². The van der Waals surface area contributed by atoms with Crippen LogP contribution in [0.3, 0.4) is 0 Å². The smallest absolute Gasteiger partial charge is 0.235 e. The summed E-state index contributed by atoms with van der Waals surface area (Å²) in [5, 5.41) is 2.96. The highest BCUT2D eigenvalue weighted by Gasteiger charge is 2.11. The number of nitrogens with zero attached hydrogens (tertiary/aromatic N) is 1. The van der Waals surface area contributed by atoms with Gasteiger partial charge in [0.1, 0.15) is 5.82 Å². The van der Waals surface area contributed by atoms with Gasteiger partial charge in [0.15, 0.2) is 0 Å². The van der Waals surface area contributed by atoms with Crippen molar-refractivity contribution in [1.29, 1.82) is 0 Å². The SMILES string of the molecule is CCNCCS(=O)(=O)Nc1ccc(Br)c(C)n1. The van der Waals surface area contributed by atoms with Gasteiger partial charge in [0.25, 0.3) is 0 Å². The zero-order valence-corrected chi connectivity index (χ0v) is 12.2. The Bertz CT molecular complexity index is 476. The van der Waals surface area contributed by atoms with Crippen LogP contribution in [0.1, 0.15) is 12.6 Å². The van der Waals surface area contributed by atoms with Crippen LogP contribution in [-0.4, -0.2) is 32.2 Å². The van der Waals surface area contributed by atoms with Crippen molar-refractivity contribution in [2.24, 2.45) is 0 Å². The van der Waals surface area contributed by atoms with E-state index in [1.165, 1.54) is 0 Å². The van der Waals surface area contributed by atoms with E-state index < -0.39 is 10.0 Å². The molecule has 1 aromatic heterocycles. The highest BCUT2D eigenvalue weighted by molar-refractivity contribution is 9.10. The molecule has 1 rings (SSSR count). The molecule has 0 aliphatic carbocycles. The second-order valence-corrected chi connectivity index (χ2v) is 6.23. The zero-order valence-electron chi connectivity index (χ0n) is 9.83. The molecule has 7 heteroatoms. The first kappa shape index (κ1) is 14.4. The topological polar surface area (TPSA) is 71.1 Å². The summed E-state index contributed by atoms with van der Waals surface area (Å²) < 4.78 is 26.6. The molecule has 17 heavy (non-hydrogen) atoms. The molecular formula is C10H16BrN3O2S. The molecule has 0 unspecified atom stereocenters. The number of aryl methyl sites for hydroxylation is 1. The Morgan fingerprint density at radius 2 is 2.12 bits per heavy atom. The third-order valence-electron chi connectivity index (χ3n) is 2.08. The monoisotopic (exact) mass is 321 g/mol. The Kier molecular flexibility index (Phi) is 5.35. The van der Waals surface area contributed by atoms with Crippen molar-refractivity contribution in [3.63, 3.8) is 0 Å². The van der Waals surface area contributed by atoms with Gasteiger partial charge in [-0.25, -0.2) is 13.4 Å². The summed E-state index contributed by atoms with van der Waals surface area (Å²) in [6, 6.07) is 3.40. The van der Waals surface area contributed by atoms with Crippen molar-refractivity contribution in [2.75, 3.05) is 23.6 Å². The van der Waals surface area contributed by atoms with Crippen molar-refractivity contribution >= 4 is 31.8 Å². The molecule has 2 N–H and O–H groups in total. The zero-order chi connectivity index (χ0) is 12.9. The van der Waals surface area contributed by atoms with Crippen molar-refractivity contribution in [3.05, 3.63) is 22.3 Å². The standard InChI is InChI=1S/C10H16BrN3O2S/c1-3-12-6-7-17(15,16)14-10-5-4-9(11)8(2)13-10/h4-5,12H,3,6-7H2,1-2H3,(H,13,14). The second-order valence-electron chi connectivity index (χ2n) is 3.54. The molecule has 0 aromatic carbocycles. The lowest BCUT2D eigenvalue weighted by Crippen LogP contribution is -2.26. The molecule has 0 saturated heterocycles. The minimum atomic E-state index is -3.33. The molecule has 96 valence electrons. The summed E-state index contributed by atoms with van der Waals surface area (Å²) in [5.41, 5.74) is 0.747. The van der Waals surface area contributed by atoms with E-state index in [1.54, 1.807) is 19.1 Å². The Morgan fingerprint density at radius 3 is 2.71 bits per heavy atom. The third-order valence-corrected chi connectivity index (χ3v) is 4.18. The Morgan fingerprint density at radius 1 is 1.41 bits per heavy atom. The first-order valence-electron chi connectivity index (χ1n) is 5.29. The van der Waals surface area contributed by atoms with E-state index in [-0.39, 0.29) is 5.75 Å². The molecule has 0 amide bonds. The summed E-state index contributed by atoms with van der Waals surface area (Å²) in [6.07, 6.45) is 0. The van der Waals surface area contributed by atoms with E-state index in [2.05, 4.69) is 31.0 Å². The number of rotatable bonds is 6. The van der Waals surface area contributed by atoms with Crippen LogP contribution < -0.4 is 10.0 Å². The number of hydrogen-bond acceptors (Lipinski definition) is 4. The van der Waals surface area contributed by atoms with Crippen molar-refractivity contribution in [2.45, 2.75) is 13.8 Å². The average molecular weight is 322 g/mol. The average Bonchev–Trinajstić information content (AvgIpc) is 2.23. The molecule has 0 bridgehead atoms. The maximum absolute atomic E-state index is 11.7. The van der Waals surface area contributed by atoms with Gasteiger partial charge in [-0.2, -0.15) is 0 Å². The number of halogens is 1. The Labute approximate surface area is 110 Å². The Hall–Kier alpha value is -0.660. The number of hydrogen-bond donors (Lipinski definition) is 2. The minimum absolute atomic E-state index is 0.0393. The number of anilines is 1. The maximum atomic E-state index is 11.7. The van der Waals surface area contributed by atoms with E-state index in [1.807, 2.05) is 6.92 Å². The van der Waals surface area contributed by atoms with Gasteiger partial charge in [0.05, 0.1) is 11.4 Å². The lowest BCUT2D eigenvalue weighted by atomic mass is 10.4. The number of sulfonamides is 1. The lowest BCUT2D eigenvalue weighted by Gasteiger charge is -2.08. The first-order valence-corrected chi connectivity index (χ1v) is 7.73. The van der Waals surface area contributed by atoms with E-state index >= 15 is 0 Å². The fourth-order valence-electron chi connectivity index (χ4n) is 1.19.